The first-order valence-corrected chi connectivity index (χ1v) is 5.74. The number of carbonyl (C=O) groups is 1. The van der Waals surface area contributed by atoms with E-state index in [2.05, 4.69) is 6.92 Å². The van der Waals surface area contributed by atoms with Gasteiger partial charge < -0.3 is 10.5 Å². The second-order valence-electron chi connectivity index (χ2n) is 3.98. The van der Waals surface area contributed by atoms with E-state index >= 15 is 0 Å². The number of likely N-dealkylation sites (N-methyl/N-ethyl adjacent to an activating group) is 1. The molecule has 94 valence electrons. The van der Waals surface area contributed by atoms with Crippen molar-refractivity contribution in [3.8, 4) is 5.75 Å². The standard InChI is InChI=1S/C13H20N2O2/c1-4-15(9-13(14)16)10(2)11-6-5-7-12(8-11)17-3/h5-8,10H,4,9H2,1-3H3,(H2,14,16). The van der Waals surface area contributed by atoms with Gasteiger partial charge in [0.25, 0.3) is 0 Å². The van der Waals surface area contributed by atoms with E-state index in [-0.39, 0.29) is 18.5 Å². The first-order valence-electron chi connectivity index (χ1n) is 5.74. The molecule has 0 aromatic heterocycles. The molecule has 1 aromatic rings. The van der Waals surface area contributed by atoms with Crippen molar-refractivity contribution in [3.63, 3.8) is 0 Å². The molecular weight excluding hydrogens is 216 g/mol. The fourth-order valence-corrected chi connectivity index (χ4v) is 1.83. The normalized spacial score (nSPS) is 12.5. The highest BCUT2D eigenvalue weighted by Gasteiger charge is 2.16. The molecule has 17 heavy (non-hydrogen) atoms. The van der Waals surface area contributed by atoms with Crippen LogP contribution in [-0.2, 0) is 4.79 Å². The van der Waals surface area contributed by atoms with Gasteiger partial charge in [-0.25, -0.2) is 0 Å². The van der Waals surface area contributed by atoms with E-state index in [0.717, 1.165) is 17.9 Å². The summed E-state index contributed by atoms with van der Waals surface area (Å²) in [4.78, 5) is 13.0. The van der Waals surface area contributed by atoms with E-state index in [9.17, 15) is 4.79 Å². The average Bonchev–Trinajstić information content (AvgIpc) is 2.35. The molecule has 4 nitrogen and oxygen atoms in total. The Morgan fingerprint density at radius 1 is 1.53 bits per heavy atom. The third kappa shape index (κ3) is 3.75. The SMILES string of the molecule is CCN(CC(N)=O)C(C)c1cccc(OC)c1. The van der Waals surface area contributed by atoms with Crippen molar-refractivity contribution < 1.29 is 9.53 Å². The van der Waals surface area contributed by atoms with Gasteiger partial charge in [0.05, 0.1) is 13.7 Å². The Balaban J connectivity index is 2.84. The Kier molecular flexibility index (Phi) is 4.97. The number of primary amides is 1. The van der Waals surface area contributed by atoms with Gasteiger partial charge in [0.2, 0.25) is 5.91 Å². The van der Waals surface area contributed by atoms with E-state index in [4.69, 9.17) is 10.5 Å². The van der Waals surface area contributed by atoms with Crippen molar-refractivity contribution in [1.29, 1.82) is 0 Å². The van der Waals surface area contributed by atoms with Crippen LogP contribution in [0.15, 0.2) is 24.3 Å². The van der Waals surface area contributed by atoms with Crippen LogP contribution in [0.3, 0.4) is 0 Å². The van der Waals surface area contributed by atoms with Crippen molar-refractivity contribution >= 4 is 5.91 Å². The Morgan fingerprint density at radius 2 is 2.24 bits per heavy atom. The zero-order valence-electron chi connectivity index (χ0n) is 10.6. The van der Waals surface area contributed by atoms with E-state index in [1.54, 1.807) is 7.11 Å². The number of hydrogen-bond donors (Lipinski definition) is 1. The molecule has 0 spiro atoms. The number of amides is 1. The molecule has 0 heterocycles. The number of nitrogens with zero attached hydrogens (tertiary/aromatic N) is 1. The second kappa shape index (κ2) is 6.25. The van der Waals surface area contributed by atoms with Gasteiger partial charge in [-0.2, -0.15) is 0 Å². The van der Waals surface area contributed by atoms with Gasteiger partial charge in [-0.1, -0.05) is 19.1 Å². The number of ether oxygens (including phenoxy) is 1. The van der Waals surface area contributed by atoms with Crippen LogP contribution in [0.2, 0.25) is 0 Å². The number of rotatable bonds is 6. The molecule has 0 aliphatic heterocycles. The maximum absolute atomic E-state index is 11.0. The topological polar surface area (TPSA) is 55.6 Å². The van der Waals surface area contributed by atoms with E-state index < -0.39 is 0 Å². The van der Waals surface area contributed by atoms with Gasteiger partial charge in [-0.3, -0.25) is 9.69 Å². The van der Waals surface area contributed by atoms with Gasteiger partial charge in [-0.05, 0) is 31.2 Å². The van der Waals surface area contributed by atoms with Crippen LogP contribution in [0.1, 0.15) is 25.5 Å². The predicted octanol–water partition coefficient (Wildman–Crippen LogP) is 1.56. The molecule has 1 aromatic carbocycles. The van der Waals surface area contributed by atoms with Gasteiger partial charge in [0.1, 0.15) is 5.75 Å². The lowest BCUT2D eigenvalue weighted by Gasteiger charge is -2.27. The molecule has 2 N–H and O–H groups in total. The number of methoxy groups -OCH3 is 1. The fourth-order valence-electron chi connectivity index (χ4n) is 1.83. The van der Waals surface area contributed by atoms with E-state index in [1.807, 2.05) is 36.1 Å². The Labute approximate surface area is 102 Å². The molecule has 1 unspecified atom stereocenters. The highest BCUT2D eigenvalue weighted by Crippen LogP contribution is 2.23. The number of benzene rings is 1. The summed E-state index contributed by atoms with van der Waals surface area (Å²) in [6, 6.07) is 8.00. The summed E-state index contributed by atoms with van der Waals surface area (Å²) in [5.41, 5.74) is 6.35. The summed E-state index contributed by atoms with van der Waals surface area (Å²) in [5, 5.41) is 0. The van der Waals surface area contributed by atoms with Crippen LogP contribution in [0.5, 0.6) is 5.75 Å². The van der Waals surface area contributed by atoms with Crippen LogP contribution in [0.4, 0.5) is 0 Å². The molecular formula is C13H20N2O2. The van der Waals surface area contributed by atoms with Crippen LogP contribution < -0.4 is 10.5 Å². The minimum Gasteiger partial charge on any atom is -0.497 e. The lowest BCUT2D eigenvalue weighted by molar-refractivity contribution is -0.119. The Morgan fingerprint density at radius 3 is 2.76 bits per heavy atom. The van der Waals surface area contributed by atoms with Gasteiger partial charge >= 0.3 is 0 Å². The quantitative estimate of drug-likeness (QED) is 0.815. The number of carbonyl (C=O) groups excluding carboxylic acids is 1. The molecule has 1 rings (SSSR count). The summed E-state index contributed by atoms with van der Waals surface area (Å²) >= 11 is 0. The Hall–Kier alpha value is -1.55. The molecule has 0 saturated carbocycles. The van der Waals surface area contributed by atoms with E-state index in [1.165, 1.54) is 0 Å². The lowest BCUT2D eigenvalue weighted by atomic mass is 10.1. The molecule has 1 atom stereocenters. The zero-order valence-corrected chi connectivity index (χ0v) is 10.6. The minimum absolute atomic E-state index is 0.141. The first-order chi connectivity index (χ1) is 8.08. The Bertz CT molecular complexity index is 379. The van der Waals surface area contributed by atoms with Crippen molar-refractivity contribution in [1.82, 2.24) is 4.90 Å². The van der Waals surface area contributed by atoms with Crippen molar-refractivity contribution in [2.75, 3.05) is 20.2 Å². The summed E-state index contributed by atoms with van der Waals surface area (Å²) in [6.07, 6.45) is 0. The highest BCUT2D eigenvalue weighted by molar-refractivity contribution is 5.76. The molecule has 0 saturated heterocycles. The average molecular weight is 236 g/mol. The van der Waals surface area contributed by atoms with Crippen molar-refractivity contribution in [2.45, 2.75) is 19.9 Å². The molecule has 0 bridgehead atoms. The monoisotopic (exact) mass is 236 g/mol. The summed E-state index contributed by atoms with van der Waals surface area (Å²) < 4.78 is 5.19. The smallest absolute Gasteiger partial charge is 0.231 e. The minimum atomic E-state index is -0.304. The highest BCUT2D eigenvalue weighted by atomic mass is 16.5. The third-order valence-electron chi connectivity index (χ3n) is 2.89. The third-order valence-corrected chi connectivity index (χ3v) is 2.89. The first kappa shape index (κ1) is 13.5. The van der Waals surface area contributed by atoms with Crippen LogP contribution in [-0.4, -0.2) is 31.0 Å². The lowest BCUT2D eigenvalue weighted by Crippen LogP contribution is -2.35. The largest absolute Gasteiger partial charge is 0.497 e. The predicted molar refractivity (Wildman–Crippen MR) is 67.9 cm³/mol. The van der Waals surface area contributed by atoms with Gasteiger partial charge in [-0.15, -0.1) is 0 Å². The summed E-state index contributed by atoms with van der Waals surface area (Å²) in [7, 11) is 1.64. The fraction of sp³-hybridized carbons (Fsp3) is 0.462. The van der Waals surface area contributed by atoms with Crippen molar-refractivity contribution in [2.24, 2.45) is 5.73 Å². The van der Waals surface area contributed by atoms with Gasteiger partial charge in [0, 0.05) is 6.04 Å². The molecule has 1 amide bonds. The summed E-state index contributed by atoms with van der Waals surface area (Å²) in [5.74, 6) is 0.520. The number of nitrogens with two attached hydrogens (primary N) is 1. The zero-order chi connectivity index (χ0) is 12.8. The maximum atomic E-state index is 11.0. The van der Waals surface area contributed by atoms with Crippen LogP contribution >= 0.6 is 0 Å². The molecule has 0 aliphatic carbocycles. The van der Waals surface area contributed by atoms with Crippen molar-refractivity contribution in [3.05, 3.63) is 29.8 Å². The molecule has 0 radical (unpaired) electrons. The van der Waals surface area contributed by atoms with Crippen LogP contribution in [0, 0.1) is 0 Å². The molecule has 4 heteroatoms. The van der Waals surface area contributed by atoms with E-state index in [0.29, 0.717) is 0 Å². The number of hydrogen-bond acceptors (Lipinski definition) is 3. The molecule has 0 aliphatic rings. The second-order valence-corrected chi connectivity index (χ2v) is 3.98. The van der Waals surface area contributed by atoms with Gasteiger partial charge in [0.15, 0.2) is 0 Å². The maximum Gasteiger partial charge on any atom is 0.231 e. The van der Waals surface area contributed by atoms with Crippen LogP contribution in [0.25, 0.3) is 0 Å². The molecule has 0 fully saturated rings. The summed E-state index contributed by atoms with van der Waals surface area (Å²) in [6.45, 7) is 5.12.